The van der Waals surface area contributed by atoms with Crippen LogP contribution in [0.2, 0.25) is 0 Å². The molecule has 1 N–H and O–H groups in total. The van der Waals surface area contributed by atoms with Gasteiger partial charge in [0, 0.05) is 24.1 Å². The van der Waals surface area contributed by atoms with Gasteiger partial charge in [-0.1, -0.05) is 18.6 Å². The number of nitrogens with zero attached hydrogens (tertiary/aromatic N) is 3. The molecule has 1 fully saturated rings. The molecule has 8 heteroatoms. The largest absolute Gasteiger partial charge is 0.481 e. The van der Waals surface area contributed by atoms with Crippen molar-refractivity contribution < 1.29 is 23.8 Å². The summed E-state index contributed by atoms with van der Waals surface area (Å²) in [7, 11) is 1.40. The van der Waals surface area contributed by atoms with Crippen molar-refractivity contribution in [1.82, 2.24) is 9.55 Å². The average Bonchev–Trinajstić information content (AvgIpc) is 3.27. The molecule has 7 nitrogen and oxygen atoms in total. The number of carbonyl (C=O) groups is 2. The second-order valence-electron chi connectivity index (χ2n) is 10.5. The van der Waals surface area contributed by atoms with Gasteiger partial charge in [0.1, 0.15) is 11.6 Å². The molecular weight excluding hydrogens is 473 g/mol. The van der Waals surface area contributed by atoms with Crippen molar-refractivity contribution in [1.29, 1.82) is 0 Å². The van der Waals surface area contributed by atoms with Gasteiger partial charge in [-0.25, -0.2) is 14.2 Å². The van der Waals surface area contributed by atoms with E-state index in [0.29, 0.717) is 31.2 Å². The Bertz CT molecular complexity index is 1350. The Morgan fingerprint density at radius 1 is 1.16 bits per heavy atom. The minimum atomic E-state index is -0.738. The predicted molar refractivity (Wildman–Crippen MR) is 140 cm³/mol. The summed E-state index contributed by atoms with van der Waals surface area (Å²) in [4.78, 5) is 31.3. The molecule has 196 valence electrons. The third-order valence-corrected chi connectivity index (χ3v) is 8.12. The number of carboxylic acid groups (broad SMARTS) is 1. The molecule has 0 bridgehead atoms. The molecule has 1 aliphatic heterocycles. The lowest BCUT2D eigenvalue weighted by Crippen LogP contribution is -2.42. The standard InChI is InChI=1S/C29H34FN3O4/c1-17-15-19(8-11-23(17)30)9-14-26-31-27-22-10-7-18(2)32(29(36)37-3)24(22)12-13-25(27)33(26)21-6-4-5-20(16-21)28(34)35/h8,11-13,15,18,20-21H,4-7,9-10,14,16H2,1-3H3,(H,34,35)/t18-,20+,21+/m0/s1. The summed E-state index contributed by atoms with van der Waals surface area (Å²) < 4.78 is 21.1. The lowest BCUT2D eigenvalue weighted by Gasteiger charge is -2.34. The summed E-state index contributed by atoms with van der Waals surface area (Å²) in [5.74, 6) is -0.409. The second kappa shape index (κ2) is 10.1. The SMILES string of the molecule is COC(=O)N1c2ccc3c(nc(CCc4ccc(F)c(C)c4)n3[C@@H]3CCC[C@@H](C(=O)O)C3)c2CC[C@@H]1C. The third-order valence-electron chi connectivity index (χ3n) is 8.12. The number of methoxy groups -OCH3 is 1. The lowest BCUT2D eigenvalue weighted by molar-refractivity contribution is -0.143. The average molecular weight is 508 g/mol. The molecule has 1 amide bonds. The number of halogens is 1. The number of imidazole rings is 1. The molecule has 5 rings (SSSR count). The van der Waals surface area contributed by atoms with Gasteiger partial charge in [-0.05, 0) is 81.7 Å². The molecule has 1 aromatic heterocycles. The van der Waals surface area contributed by atoms with Crippen molar-refractivity contribution in [2.24, 2.45) is 5.92 Å². The van der Waals surface area contributed by atoms with Crippen molar-refractivity contribution in [3.8, 4) is 0 Å². The number of hydrogen-bond donors (Lipinski definition) is 1. The fourth-order valence-electron chi connectivity index (χ4n) is 6.15. The second-order valence-corrected chi connectivity index (χ2v) is 10.5. The van der Waals surface area contributed by atoms with Gasteiger partial charge in [0.25, 0.3) is 0 Å². The molecule has 0 saturated heterocycles. The normalized spacial score (nSPS) is 21.6. The number of benzene rings is 2. The maximum Gasteiger partial charge on any atom is 0.414 e. The minimum Gasteiger partial charge on any atom is -0.481 e. The molecule has 1 aliphatic carbocycles. The van der Waals surface area contributed by atoms with Crippen LogP contribution in [0, 0.1) is 18.7 Å². The van der Waals surface area contributed by atoms with Gasteiger partial charge in [0.15, 0.2) is 0 Å². The van der Waals surface area contributed by atoms with Gasteiger partial charge >= 0.3 is 12.1 Å². The van der Waals surface area contributed by atoms with Gasteiger partial charge in [-0.2, -0.15) is 0 Å². The minimum absolute atomic E-state index is 0.0235. The number of anilines is 1. The van der Waals surface area contributed by atoms with E-state index < -0.39 is 5.97 Å². The number of amides is 1. The number of carbonyl (C=O) groups excluding carboxylic acids is 1. The quantitative estimate of drug-likeness (QED) is 0.458. The summed E-state index contributed by atoms with van der Waals surface area (Å²) in [6, 6.07) is 9.26. The molecule has 37 heavy (non-hydrogen) atoms. The number of aryl methyl sites for hydroxylation is 4. The Labute approximate surface area is 216 Å². The first-order chi connectivity index (χ1) is 17.8. The van der Waals surface area contributed by atoms with Gasteiger partial charge < -0.3 is 14.4 Å². The fraction of sp³-hybridized carbons (Fsp3) is 0.483. The molecule has 0 unspecified atom stereocenters. The molecule has 3 aromatic rings. The fourth-order valence-corrected chi connectivity index (χ4v) is 6.15. The van der Waals surface area contributed by atoms with Crippen LogP contribution in [0.4, 0.5) is 14.9 Å². The Kier molecular flexibility index (Phi) is 6.92. The van der Waals surface area contributed by atoms with Crippen LogP contribution in [0.5, 0.6) is 0 Å². The molecule has 0 radical (unpaired) electrons. The van der Waals surface area contributed by atoms with Gasteiger partial charge in [0.2, 0.25) is 0 Å². The highest BCUT2D eigenvalue weighted by Crippen LogP contribution is 2.40. The van der Waals surface area contributed by atoms with E-state index in [2.05, 4.69) is 4.57 Å². The summed E-state index contributed by atoms with van der Waals surface area (Å²) in [5, 5.41) is 9.72. The van der Waals surface area contributed by atoms with Crippen molar-refractivity contribution in [2.45, 2.75) is 77.3 Å². The zero-order chi connectivity index (χ0) is 26.3. The van der Waals surface area contributed by atoms with Crippen molar-refractivity contribution in [3.63, 3.8) is 0 Å². The highest BCUT2D eigenvalue weighted by atomic mass is 19.1. The monoisotopic (exact) mass is 507 g/mol. The van der Waals surface area contributed by atoms with Crippen LogP contribution in [0.3, 0.4) is 0 Å². The van der Waals surface area contributed by atoms with Crippen molar-refractivity contribution in [2.75, 3.05) is 12.0 Å². The van der Waals surface area contributed by atoms with E-state index in [0.717, 1.165) is 59.4 Å². The van der Waals surface area contributed by atoms with Crippen LogP contribution >= 0.6 is 0 Å². The Balaban J connectivity index is 1.59. The van der Waals surface area contributed by atoms with E-state index in [4.69, 9.17) is 9.72 Å². The third kappa shape index (κ3) is 4.69. The molecular formula is C29H34FN3O4. The molecule has 2 aromatic carbocycles. The molecule has 2 heterocycles. The van der Waals surface area contributed by atoms with E-state index in [9.17, 15) is 19.1 Å². The molecule has 3 atom stereocenters. The maximum absolute atomic E-state index is 13.8. The topological polar surface area (TPSA) is 84.7 Å². The van der Waals surface area contributed by atoms with Crippen molar-refractivity contribution in [3.05, 3.63) is 58.7 Å². The number of carboxylic acids is 1. The molecule has 2 aliphatic rings. The van der Waals surface area contributed by atoms with Crippen LogP contribution in [-0.2, 0) is 28.8 Å². The Morgan fingerprint density at radius 2 is 1.97 bits per heavy atom. The summed E-state index contributed by atoms with van der Waals surface area (Å²) in [6.45, 7) is 3.79. The lowest BCUT2D eigenvalue weighted by atomic mass is 9.85. The van der Waals surface area contributed by atoms with Crippen LogP contribution in [0.1, 0.15) is 67.6 Å². The van der Waals surface area contributed by atoms with Gasteiger partial charge in [-0.3, -0.25) is 9.69 Å². The summed E-state index contributed by atoms with van der Waals surface area (Å²) in [6.07, 6.45) is 5.62. The van der Waals surface area contributed by atoms with E-state index >= 15 is 0 Å². The van der Waals surface area contributed by atoms with E-state index in [1.165, 1.54) is 13.2 Å². The van der Waals surface area contributed by atoms with E-state index in [1.54, 1.807) is 11.8 Å². The number of ether oxygens (including phenoxy) is 1. The van der Waals surface area contributed by atoms with Gasteiger partial charge in [0.05, 0.1) is 29.7 Å². The first-order valence-corrected chi connectivity index (χ1v) is 13.2. The smallest absolute Gasteiger partial charge is 0.414 e. The zero-order valence-electron chi connectivity index (χ0n) is 21.7. The number of fused-ring (bicyclic) bond motifs is 3. The van der Waals surface area contributed by atoms with Crippen LogP contribution < -0.4 is 4.90 Å². The first kappa shape index (κ1) is 25.2. The van der Waals surface area contributed by atoms with Crippen molar-refractivity contribution >= 4 is 28.8 Å². The summed E-state index contributed by atoms with van der Waals surface area (Å²) >= 11 is 0. The zero-order valence-corrected chi connectivity index (χ0v) is 21.7. The van der Waals surface area contributed by atoms with Gasteiger partial charge in [-0.15, -0.1) is 0 Å². The summed E-state index contributed by atoms with van der Waals surface area (Å²) in [5.41, 5.74) is 5.38. The first-order valence-electron chi connectivity index (χ1n) is 13.2. The number of aromatic nitrogens is 2. The van der Waals surface area contributed by atoms with E-state index in [1.807, 2.05) is 31.2 Å². The molecule has 1 saturated carbocycles. The predicted octanol–water partition coefficient (Wildman–Crippen LogP) is 5.99. The van der Waals surface area contributed by atoms with E-state index in [-0.39, 0.29) is 29.9 Å². The number of aliphatic carboxylic acids is 1. The van der Waals surface area contributed by atoms with Crippen LogP contribution in [-0.4, -0.2) is 39.9 Å². The Hall–Kier alpha value is -3.42. The maximum atomic E-state index is 13.8. The molecule has 0 spiro atoms. The van der Waals surface area contributed by atoms with Crippen LogP contribution in [0.15, 0.2) is 30.3 Å². The number of rotatable bonds is 5. The highest BCUT2D eigenvalue weighted by molar-refractivity contribution is 5.95. The Morgan fingerprint density at radius 3 is 2.70 bits per heavy atom. The number of hydrogen-bond acceptors (Lipinski definition) is 4. The van der Waals surface area contributed by atoms with Crippen LogP contribution in [0.25, 0.3) is 11.0 Å². The highest BCUT2D eigenvalue weighted by Gasteiger charge is 2.34.